The standard InChI is InChI=1S/C20H20Cl2N4O2/c1-19(2)16(26-15(27)12-9-24-18(22)25-10-12)20(3,4)17(19)28-13-6-5-11(8-23)14(21)7-13/h5-7,9-10,16-17H,1-4H3,(H,26,27)/t16-,17-. The number of nitrogens with zero attached hydrogens (tertiary/aromatic N) is 3. The number of hydrogen-bond acceptors (Lipinski definition) is 5. The average molecular weight is 419 g/mol. The van der Waals surface area contributed by atoms with Crippen LogP contribution >= 0.6 is 23.2 Å². The molecule has 28 heavy (non-hydrogen) atoms. The number of aromatic nitrogens is 2. The van der Waals surface area contributed by atoms with E-state index >= 15 is 0 Å². The van der Waals surface area contributed by atoms with E-state index in [0.29, 0.717) is 21.9 Å². The molecule has 1 heterocycles. The van der Waals surface area contributed by atoms with Crippen molar-refractivity contribution in [3.8, 4) is 11.8 Å². The van der Waals surface area contributed by atoms with Gasteiger partial charge in [0.05, 0.1) is 16.1 Å². The molecular weight excluding hydrogens is 399 g/mol. The molecule has 1 amide bonds. The zero-order chi connectivity index (χ0) is 20.7. The zero-order valence-electron chi connectivity index (χ0n) is 16.0. The van der Waals surface area contributed by atoms with Crippen LogP contribution in [0, 0.1) is 22.2 Å². The molecule has 0 atom stereocenters. The van der Waals surface area contributed by atoms with Crippen molar-refractivity contribution in [2.45, 2.75) is 39.8 Å². The van der Waals surface area contributed by atoms with Crippen molar-refractivity contribution >= 4 is 29.1 Å². The molecule has 8 heteroatoms. The normalized spacial score (nSPS) is 21.9. The second-order valence-corrected chi connectivity index (χ2v) is 8.79. The SMILES string of the molecule is CC1(C)[C@H](NC(=O)c2cnc(Cl)nc2)C(C)(C)[C@H]1Oc1ccc(C#N)c(Cl)c1. The minimum atomic E-state index is -0.340. The molecule has 1 aromatic carbocycles. The molecule has 0 spiro atoms. The Morgan fingerprint density at radius 1 is 1.18 bits per heavy atom. The van der Waals surface area contributed by atoms with Crippen LogP contribution in [0.3, 0.4) is 0 Å². The molecule has 146 valence electrons. The van der Waals surface area contributed by atoms with Crippen molar-refractivity contribution < 1.29 is 9.53 Å². The fourth-order valence-corrected chi connectivity index (χ4v) is 4.55. The first-order chi connectivity index (χ1) is 13.1. The summed E-state index contributed by atoms with van der Waals surface area (Å²) in [4.78, 5) is 20.3. The van der Waals surface area contributed by atoms with Gasteiger partial charge in [0, 0.05) is 35.3 Å². The first-order valence-corrected chi connectivity index (χ1v) is 9.47. The van der Waals surface area contributed by atoms with Crippen molar-refractivity contribution in [1.29, 1.82) is 5.26 Å². The van der Waals surface area contributed by atoms with Gasteiger partial charge in [-0.25, -0.2) is 9.97 Å². The predicted octanol–water partition coefficient (Wildman–Crippen LogP) is 4.27. The van der Waals surface area contributed by atoms with E-state index in [9.17, 15) is 4.79 Å². The summed E-state index contributed by atoms with van der Waals surface area (Å²) in [6.07, 6.45) is 2.63. The van der Waals surface area contributed by atoms with E-state index in [-0.39, 0.29) is 34.2 Å². The van der Waals surface area contributed by atoms with Crippen LogP contribution in [0.5, 0.6) is 5.75 Å². The number of benzene rings is 1. The number of hydrogen-bond donors (Lipinski definition) is 1. The fourth-order valence-electron chi connectivity index (χ4n) is 4.24. The van der Waals surface area contributed by atoms with E-state index in [0.717, 1.165) is 0 Å². The summed E-state index contributed by atoms with van der Waals surface area (Å²) in [6, 6.07) is 6.90. The van der Waals surface area contributed by atoms with Crippen LogP contribution < -0.4 is 10.1 Å². The number of carbonyl (C=O) groups is 1. The topological polar surface area (TPSA) is 87.9 Å². The van der Waals surface area contributed by atoms with Gasteiger partial charge in [-0.15, -0.1) is 0 Å². The van der Waals surface area contributed by atoms with Gasteiger partial charge in [-0.3, -0.25) is 4.79 Å². The maximum Gasteiger partial charge on any atom is 0.254 e. The lowest BCUT2D eigenvalue weighted by molar-refractivity contribution is -0.164. The van der Waals surface area contributed by atoms with Crippen LogP contribution in [0.25, 0.3) is 0 Å². The molecule has 1 N–H and O–H groups in total. The van der Waals surface area contributed by atoms with Crippen molar-refractivity contribution in [3.05, 3.63) is 52.0 Å². The molecule has 1 aromatic heterocycles. The highest BCUT2D eigenvalue weighted by Gasteiger charge is 2.64. The molecule has 6 nitrogen and oxygen atoms in total. The molecule has 0 bridgehead atoms. The molecule has 0 aliphatic heterocycles. The summed E-state index contributed by atoms with van der Waals surface area (Å²) in [6.45, 7) is 8.16. The summed E-state index contributed by atoms with van der Waals surface area (Å²) in [5.41, 5.74) is 0.0651. The maximum atomic E-state index is 12.6. The monoisotopic (exact) mass is 418 g/mol. The summed E-state index contributed by atoms with van der Waals surface area (Å²) < 4.78 is 6.21. The molecule has 1 aliphatic carbocycles. The van der Waals surface area contributed by atoms with Gasteiger partial charge >= 0.3 is 0 Å². The van der Waals surface area contributed by atoms with Crippen molar-refractivity contribution in [2.24, 2.45) is 10.8 Å². The number of nitriles is 1. The Morgan fingerprint density at radius 3 is 2.32 bits per heavy atom. The lowest BCUT2D eigenvalue weighted by Gasteiger charge is -2.63. The van der Waals surface area contributed by atoms with E-state index in [4.69, 9.17) is 33.2 Å². The lowest BCUT2D eigenvalue weighted by atomic mass is 9.49. The Morgan fingerprint density at radius 2 is 1.79 bits per heavy atom. The Labute approximate surface area is 173 Å². The van der Waals surface area contributed by atoms with E-state index in [2.05, 4.69) is 15.3 Å². The predicted molar refractivity (Wildman–Crippen MR) is 106 cm³/mol. The van der Waals surface area contributed by atoms with E-state index < -0.39 is 0 Å². The lowest BCUT2D eigenvalue weighted by Crippen LogP contribution is -2.74. The molecule has 0 unspecified atom stereocenters. The largest absolute Gasteiger partial charge is 0.489 e. The highest BCUT2D eigenvalue weighted by atomic mass is 35.5. The van der Waals surface area contributed by atoms with Crippen LogP contribution in [0.15, 0.2) is 30.6 Å². The third kappa shape index (κ3) is 3.52. The van der Waals surface area contributed by atoms with Crippen LogP contribution in [-0.2, 0) is 0 Å². The van der Waals surface area contributed by atoms with Crippen molar-refractivity contribution in [2.75, 3.05) is 0 Å². The highest BCUT2D eigenvalue weighted by molar-refractivity contribution is 6.31. The minimum Gasteiger partial charge on any atom is -0.489 e. The summed E-state index contributed by atoms with van der Waals surface area (Å²) in [5, 5.41) is 12.5. The molecular formula is C20H20Cl2N4O2. The Balaban J connectivity index is 1.76. The number of ether oxygens (including phenoxy) is 1. The molecule has 0 saturated heterocycles. The second-order valence-electron chi connectivity index (χ2n) is 8.04. The number of halogens is 2. The number of rotatable bonds is 4. The third-order valence-electron chi connectivity index (χ3n) is 5.31. The molecule has 2 aromatic rings. The van der Waals surface area contributed by atoms with E-state index in [1.165, 1.54) is 12.4 Å². The quantitative estimate of drug-likeness (QED) is 0.748. The van der Waals surface area contributed by atoms with Gasteiger partial charge in [0.15, 0.2) is 0 Å². The van der Waals surface area contributed by atoms with Crippen LogP contribution in [0.4, 0.5) is 0 Å². The van der Waals surface area contributed by atoms with Gasteiger partial charge in [-0.05, 0) is 23.7 Å². The number of amides is 1. The summed E-state index contributed by atoms with van der Waals surface area (Å²) in [5.74, 6) is 0.328. The minimum absolute atomic E-state index is 0.0930. The average Bonchev–Trinajstić information content (AvgIpc) is 2.64. The molecule has 0 radical (unpaired) electrons. The molecule has 1 aliphatic rings. The van der Waals surface area contributed by atoms with Gasteiger partial charge in [-0.2, -0.15) is 5.26 Å². The maximum absolute atomic E-state index is 12.6. The van der Waals surface area contributed by atoms with Crippen LogP contribution in [0.2, 0.25) is 10.3 Å². The number of nitrogens with one attached hydrogen (secondary N) is 1. The van der Waals surface area contributed by atoms with Gasteiger partial charge < -0.3 is 10.1 Å². The Bertz CT molecular complexity index is 936. The zero-order valence-corrected chi connectivity index (χ0v) is 17.5. The van der Waals surface area contributed by atoms with Crippen molar-refractivity contribution in [1.82, 2.24) is 15.3 Å². The summed E-state index contributed by atoms with van der Waals surface area (Å²) >= 11 is 11.8. The van der Waals surface area contributed by atoms with Crippen LogP contribution in [0.1, 0.15) is 43.6 Å². The fraction of sp³-hybridized carbons (Fsp3) is 0.400. The van der Waals surface area contributed by atoms with Crippen molar-refractivity contribution in [3.63, 3.8) is 0 Å². The highest BCUT2D eigenvalue weighted by Crippen LogP contribution is 2.55. The number of carbonyl (C=O) groups excluding carboxylic acids is 1. The summed E-state index contributed by atoms with van der Waals surface area (Å²) in [7, 11) is 0. The van der Waals surface area contributed by atoms with E-state index in [1.807, 2.05) is 33.8 Å². The van der Waals surface area contributed by atoms with Gasteiger partial charge in [0.2, 0.25) is 5.28 Å². The molecule has 1 saturated carbocycles. The first-order valence-electron chi connectivity index (χ1n) is 8.72. The van der Waals surface area contributed by atoms with Gasteiger partial charge in [0.1, 0.15) is 17.9 Å². The molecule has 1 fully saturated rings. The third-order valence-corrected chi connectivity index (χ3v) is 5.82. The Hall–Kier alpha value is -2.36. The van der Waals surface area contributed by atoms with Crippen LogP contribution in [-0.4, -0.2) is 28.0 Å². The molecule has 3 rings (SSSR count). The first kappa shape index (κ1) is 20.4. The Kier molecular flexibility index (Phi) is 5.26. The van der Waals surface area contributed by atoms with Gasteiger partial charge in [-0.1, -0.05) is 39.3 Å². The van der Waals surface area contributed by atoms with Gasteiger partial charge in [0.25, 0.3) is 5.91 Å². The van der Waals surface area contributed by atoms with E-state index in [1.54, 1.807) is 18.2 Å². The smallest absolute Gasteiger partial charge is 0.254 e. The second kappa shape index (κ2) is 7.23.